The number of carbonyl (C=O) groups excluding carboxylic acids is 1. The highest BCUT2D eigenvalue weighted by atomic mass is 35.5. The zero-order valence-electron chi connectivity index (χ0n) is 14.3. The maximum atomic E-state index is 12.4. The molecule has 0 unspecified atom stereocenters. The predicted octanol–water partition coefficient (Wildman–Crippen LogP) is 3.56. The molecule has 1 heterocycles. The fourth-order valence-electron chi connectivity index (χ4n) is 2.95. The van der Waals surface area contributed by atoms with Crippen LogP contribution in [0.15, 0.2) is 36.4 Å². The number of ether oxygens (including phenoxy) is 2. The average Bonchev–Trinajstić information content (AvgIpc) is 2.72. The molecule has 6 nitrogen and oxygen atoms in total. The molecule has 3 rings (SSSR count). The van der Waals surface area contributed by atoms with Crippen molar-refractivity contribution in [3.8, 4) is 5.75 Å². The molecular formula is C19H18ClNO5. The van der Waals surface area contributed by atoms with Gasteiger partial charge in [-0.2, -0.15) is 0 Å². The molecule has 0 saturated heterocycles. The van der Waals surface area contributed by atoms with E-state index < -0.39 is 30.5 Å². The SMILES string of the molecule is COc1cccc([C@@H]2O[C@@H](CC(=O)O)C(=O)Nc3ccc(C)cc32)c1Cl. The lowest BCUT2D eigenvalue weighted by Crippen LogP contribution is -2.31. The summed E-state index contributed by atoms with van der Waals surface area (Å²) in [7, 11) is 1.51. The van der Waals surface area contributed by atoms with E-state index in [0.717, 1.165) is 5.56 Å². The molecule has 1 aliphatic heterocycles. The van der Waals surface area contributed by atoms with Crippen molar-refractivity contribution in [3.05, 3.63) is 58.1 Å². The Labute approximate surface area is 155 Å². The summed E-state index contributed by atoms with van der Waals surface area (Å²) in [5.41, 5.74) is 2.85. The van der Waals surface area contributed by atoms with Crippen LogP contribution in [0.4, 0.5) is 5.69 Å². The lowest BCUT2D eigenvalue weighted by molar-refractivity contribution is -0.146. The van der Waals surface area contributed by atoms with Gasteiger partial charge in [0.2, 0.25) is 0 Å². The molecule has 2 N–H and O–H groups in total. The molecule has 0 saturated carbocycles. The Kier molecular flexibility index (Phi) is 5.15. The van der Waals surface area contributed by atoms with Gasteiger partial charge in [-0.15, -0.1) is 0 Å². The van der Waals surface area contributed by atoms with Crippen molar-refractivity contribution in [2.24, 2.45) is 0 Å². The number of carboxylic acids is 1. The van der Waals surface area contributed by atoms with Gasteiger partial charge in [-0.05, 0) is 19.1 Å². The van der Waals surface area contributed by atoms with E-state index in [-0.39, 0.29) is 0 Å². The molecule has 0 bridgehead atoms. The highest BCUT2D eigenvalue weighted by molar-refractivity contribution is 6.33. The van der Waals surface area contributed by atoms with Gasteiger partial charge in [-0.3, -0.25) is 9.59 Å². The first-order valence-corrected chi connectivity index (χ1v) is 8.39. The standard InChI is InChI=1S/C19H18ClNO5/c1-10-6-7-13-12(8-10)18(11-4-3-5-14(25-2)17(11)20)26-15(9-16(22)23)19(24)21-13/h3-8,15,18H,9H2,1-2H3,(H,21,24)(H,22,23)/t15-,18-/m0/s1. The van der Waals surface area contributed by atoms with Crippen molar-refractivity contribution in [1.82, 2.24) is 0 Å². The number of fused-ring (bicyclic) bond motifs is 1. The Morgan fingerprint density at radius 2 is 2.08 bits per heavy atom. The van der Waals surface area contributed by atoms with Crippen LogP contribution < -0.4 is 10.1 Å². The topological polar surface area (TPSA) is 84.9 Å². The molecule has 0 aliphatic carbocycles. The quantitative estimate of drug-likeness (QED) is 0.853. The lowest BCUT2D eigenvalue weighted by atomic mass is 9.97. The maximum absolute atomic E-state index is 12.4. The molecule has 2 atom stereocenters. The molecule has 26 heavy (non-hydrogen) atoms. The largest absolute Gasteiger partial charge is 0.495 e. The van der Waals surface area contributed by atoms with Crippen LogP contribution in [0.2, 0.25) is 5.02 Å². The number of anilines is 1. The Hall–Kier alpha value is -2.57. The van der Waals surface area contributed by atoms with Gasteiger partial charge in [0.05, 0.1) is 18.6 Å². The van der Waals surface area contributed by atoms with Crippen molar-refractivity contribution < 1.29 is 24.2 Å². The van der Waals surface area contributed by atoms with Crippen LogP contribution in [0.25, 0.3) is 0 Å². The van der Waals surface area contributed by atoms with E-state index in [9.17, 15) is 9.59 Å². The number of aryl methyl sites for hydroxylation is 1. The minimum absolute atomic E-state index is 0.357. The number of carboxylic acid groups (broad SMARTS) is 1. The maximum Gasteiger partial charge on any atom is 0.306 e. The first kappa shape index (κ1) is 18.2. The summed E-state index contributed by atoms with van der Waals surface area (Å²) < 4.78 is 11.2. The summed E-state index contributed by atoms with van der Waals surface area (Å²) in [4.78, 5) is 23.6. The van der Waals surface area contributed by atoms with Gasteiger partial charge < -0.3 is 19.9 Å². The van der Waals surface area contributed by atoms with Crippen LogP contribution in [0.1, 0.15) is 29.2 Å². The number of nitrogens with one attached hydrogen (secondary N) is 1. The normalized spacial score (nSPS) is 19.3. The van der Waals surface area contributed by atoms with Gasteiger partial charge in [-0.25, -0.2) is 0 Å². The molecule has 1 aliphatic rings. The third kappa shape index (κ3) is 3.52. The first-order chi connectivity index (χ1) is 12.4. The van der Waals surface area contributed by atoms with Crippen LogP contribution in [-0.2, 0) is 14.3 Å². The number of benzene rings is 2. The summed E-state index contributed by atoms with van der Waals surface area (Å²) in [6.07, 6.45) is -2.31. The van der Waals surface area contributed by atoms with Crippen LogP contribution in [-0.4, -0.2) is 30.2 Å². The van der Waals surface area contributed by atoms with Gasteiger partial charge in [0.1, 0.15) is 18.0 Å². The lowest BCUT2D eigenvalue weighted by Gasteiger charge is -2.23. The van der Waals surface area contributed by atoms with Crippen molar-refractivity contribution in [2.75, 3.05) is 12.4 Å². The van der Waals surface area contributed by atoms with Crippen molar-refractivity contribution in [1.29, 1.82) is 0 Å². The zero-order chi connectivity index (χ0) is 18.8. The molecule has 2 aromatic rings. The van der Waals surface area contributed by atoms with Gasteiger partial charge >= 0.3 is 5.97 Å². The molecule has 0 fully saturated rings. The highest BCUT2D eigenvalue weighted by Gasteiger charge is 2.34. The highest BCUT2D eigenvalue weighted by Crippen LogP contribution is 2.41. The second kappa shape index (κ2) is 7.35. The summed E-state index contributed by atoms with van der Waals surface area (Å²) >= 11 is 6.47. The Morgan fingerprint density at radius 3 is 2.77 bits per heavy atom. The van der Waals surface area contributed by atoms with E-state index in [1.165, 1.54) is 7.11 Å². The van der Waals surface area contributed by atoms with Crippen molar-refractivity contribution >= 4 is 29.2 Å². The molecule has 136 valence electrons. The second-order valence-corrected chi connectivity index (χ2v) is 6.42. The third-order valence-electron chi connectivity index (χ3n) is 4.20. The van der Waals surface area contributed by atoms with E-state index >= 15 is 0 Å². The third-order valence-corrected chi connectivity index (χ3v) is 4.60. The van der Waals surface area contributed by atoms with E-state index in [0.29, 0.717) is 27.6 Å². The molecule has 2 aromatic carbocycles. The van der Waals surface area contributed by atoms with Gasteiger partial charge in [0.15, 0.2) is 0 Å². The number of rotatable bonds is 4. The van der Waals surface area contributed by atoms with Crippen LogP contribution >= 0.6 is 11.6 Å². The Balaban J connectivity index is 2.15. The predicted molar refractivity (Wildman–Crippen MR) is 96.8 cm³/mol. The van der Waals surface area contributed by atoms with E-state index in [4.69, 9.17) is 26.2 Å². The number of aliphatic carboxylic acids is 1. The molecular weight excluding hydrogens is 358 g/mol. The molecule has 7 heteroatoms. The van der Waals surface area contributed by atoms with Gasteiger partial charge in [0.25, 0.3) is 5.91 Å². The molecule has 0 aromatic heterocycles. The smallest absolute Gasteiger partial charge is 0.306 e. The van der Waals surface area contributed by atoms with E-state index in [1.54, 1.807) is 24.3 Å². The fourth-order valence-corrected chi connectivity index (χ4v) is 3.26. The zero-order valence-corrected chi connectivity index (χ0v) is 15.0. The summed E-state index contributed by atoms with van der Waals surface area (Å²) in [5.74, 6) is -1.15. The summed E-state index contributed by atoms with van der Waals surface area (Å²) in [6, 6.07) is 10.8. The molecule has 0 spiro atoms. The van der Waals surface area contributed by atoms with E-state index in [2.05, 4.69) is 5.32 Å². The average molecular weight is 376 g/mol. The summed E-state index contributed by atoms with van der Waals surface area (Å²) in [6.45, 7) is 1.92. The van der Waals surface area contributed by atoms with Crippen LogP contribution in [0.3, 0.4) is 0 Å². The minimum atomic E-state index is -1.15. The number of methoxy groups -OCH3 is 1. The number of hydrogen-bond donors (Lipinski definition) is 2. The molecule has 0 radical (unpaired) electrons. The fraction of sp³-hybridized carbons (Fsp3) is 0.263. The van der Waals surface area contributed by atoms with E-state index in [1.807, 2.05) is 19.1 Å². The van der Waals surface area contributed by atoms with Crippen LogP contribution in [0.5, 0.6) is 5.75 Å². The van der Waals surface area contributed by atoms with Crippen LogP contribution in [0, 0.1) is 6.92 Å². The second-order valence-electron chi connectivity index (χ2n) is 6.05. The minimum Gasteiger partial charge on any atom is -0.495 e. The number of amides is 1. The summed E-state index contributed by atoms with van der Waals surface area (Å²) in [5, 5.41) is 12.2. The van der Waals surface area contributed by atoms with Gasteiger partial charge in [-0.1, -0.05) is 41.4 Å². The van der Waals surface area contributed by atoms with Crippen molar-refractivity contribution in [3.63, 3.8) is 0 Å². The van der Waals surface area contributed by atoms with Gasteiger partial charge in [0, 0.05) is 16.8 Å². The number of carbonyl (C=O) groups is 2. The number of hydrogen-bond acceptors (Lipinski definition) is 4. The molecule has 1 amide bonds. The first-order valence-electron chi connectivity index (χ1n) is 8.01. The monoisotopic (exact) mass is 375 g/mol. The Morgan fingerprint density at radius 1 is 1.31 bits per heavy atom. The van der Waals surface area contributed by atoms with Crippen molar-refractivity contribution in [2.45, 2.75) is 25.6 Å². The number of halogens is 1. The Bertz CT molecular complexity index is 867.